The van der Waals surface area contributed by atoms with Crippen LogP contribution >= 0.6 is 0 Å². The van der Waals surface area contributed by atoms with Crippen molar-refractivity contribution in [2.45, 2.75) is 0 Å². The fraction of sp³-hybridized carbons (Fsp3) is 0. The van der Waals surface area contributed by atoms with Crippen LogP contribution in [0.3, 0.4) is 0 Å². The smallest absolute Gasteiger partial charge is 0.00204 e. The second-order valence-electron chi connectivity index (χ2n) is 7.73. The number of benzene rings is 5. The summed E-state index contributed by atoms with van der Waals surface area (Å²) in [5, 5.41) is 10.3. The van der Waals surface area contributed by atoms with Gasteiger partial charge in [-0.15, -0.1) is 0 Å². The predicted octanol–water partition coefficient (Wildman–Crippen LogP) is 6.81. The van der Waals surface area contributed by atoms with Crippen LogP contribution in [0, 0.1) is 41.7 Å². The number of hydrogen-bond donors (Lipinski definition) is 0. The Hall–Kier alpha value is -3.90. The molecule has 0 amide bonds. The van der Waals surface area contributed by atoms with Crippen molar-refractivity contribution in [1.29, 1.82) is 0 Å². The Balaban J connectivity index is 2.14. The zero-order valence-corrected chi connectivity index (χ0v) is 16.5. The minimum atomic E-state index is 1.25. The summed E-state index contributed by atoms with van der Waals surface area (Å²) in [5.41, 5.74) is 2.52. The molecule has 0 radical (unpaired) electrons. The van der Waals surface area contributed by atoms with E-state index in [2.05, 4.69) is 121 Å². The average molecular weight is 380 g/mol. The van der Waals surface area contributed by atoms with Crippen LogP contribution in [0.25, 0.3) is 11.1 Å². The van der Waals surface area contributed by atoms with E-state index in [0.717, 1.165) is 0 Å². The maximum Gasteiger partial charge on any atom is -0.00204 e. The van der Waals surface area contributed by atoms with Crippen LogP contribution in [-0.2, 0) is 0 Å². The van der Waals surface area contributed by atoms with Crippen molar-refractivity contribution in [2.24, 2.45) is 0 Å². The zero-order valence-electron chi connectivity index (χ0n) is 16.5. The van der Waals surface area contributed by atoms with Crippen molar-refractivity contribution in [2.75, 3.05) is 0 Å². The first-order valence-corrected chi connectivity index (χ1v) is 10.4. The highest BCUT2D eigenvalue weighted by atomic mass is 14.1. The summed E-state index contributed by atoms with van der Waals surface area (Å²) in [6.45, 7) is 0. The van der Waals surface area contributed by atoms with Crippen LogP contribution in [0.5, 0.6) is 0 Å². The Labute approximate surface area is 174 Å². The largest absolute Gasteiger partial charge is 0.0622 e. The van der Waals surface area contributed by atoms with Gasteiger partial charge in [0.05, 0.1) is 0 Å². The van der Waals surface area contributed by atoms with E-state index in [1.54, 1.807) is 0 Å². The topological polar surface area (TPSA) is 0 Å². The van der Waals surface area contributed by atoms with Crippen molar-refractivity contribution in [3.8, 4) is 11.1 Å². The van der Waals surface area contributed by atoms with Crippen molar-refractivity contribution in [1.82, 2.24) is 0 Å². The van der Waals surface area contributed by atoms with Crippen molar-refractivity contribution in [3.05, 3.63) is 163 Å². The Morgan fingerprint density at radius 2 is 0.667 bits per heavy atom. The molecule has 5 aromatic rings. The van der Waals surface area contributed by atoms with Gasteiger partial charge in [-0.05, 0) is 52.9 Å². The molecule has 140 valence electrons. The normalized spacial score (nSPS) is 16.1. The molecule has 0 saturated heterocycles. The summed E-state index contributed by atoms with van der Waals surface area (Å²) in [4.78, 5) is 0. The first kappa shape index (κ1) is 17.0. The lowest BCUT2D eigenvalue weighted by atomic mass is 9.96. The molecule has 5 aromatic carbocycles. The second-order valence-corrected chi connectivity index (χ2v) is 7.73. The molecule has 0 aromatic heterocycles. The molecule has 1 aliphatic carbocycles. The van der Waals surface area contributed by atoms with Gasteiger partial charge in [-0.1, -0.05) is 121 Å². The Morgan fingerprint density at radius 1 is 0.267 bits per heavy atom. The zero-order chi connectivity index (χ0) is 19.9. The molecule has 0 heterocycles. The standard InChI is InChI=1S/C30H20/c1-2-11-21(12-3-1)22-19-10-20-29-27-16-7-6-15-25(27)23-13-4-5-14-24(23)26-17-8-9-18-28(26)30(22)29/h1-20H/b25-23-,26-24-,29-27-,30-28-. The van der Waals surface area contributed by atoms with Crippen molar-refractivity contribution >= 4 is 0 Å². The SMILES string of the molecule is c1ccc(-c2cccc3/c2=c2/cccc/c2=c2\cccc\c2=c2/cccc/c2=3)cc1. The van der Waals surface area contributed by atoms with Crippen LogP contribution in [0.4, 0.5) is 0 Å². The lowest BCUT2D eigenvalue weighted by Gasteiger charge is -2.07. The Kier molecular flexibility index (Phi) is 3.89. The number of hydrogen-bond acceptors (Lipinski definition) is 0. The molecule has 0 heteroatoms. The molecule has 0 fully saturated rings. The van der Waals surface area contributed by atoms with Crippen LogP contribution in [0.15, 0.2) is 121 Å². The maximum atomic E-state index is 2.27. The minimum Gasteiger partial charge on any atom is -0.0622 e. The Morgan fingerprint density at radius 3 is 1.23 bits per heavy atom. The van der Waals surface area contributed by atoms with Gasteiger partial charge in [-0.2, -0.15) is 0 Å². The maximum absolute atomic E-state index is 2.27. The predicted molar refractivity (Wildman–Crippen MR) is 122 cm³/mol. The van der Waals surface area contributed by atoms with Gasteiger partial charge in [-0.3, -0.25) is 0 Å². The summed E-state index contributed by atoms with van der Waals surface area (Å²) >= 11 is 0. The van der Waals surface area contributed by atoms with Gasteiger partial charge < -0.3 is 0 Å². The quantitative estimate of drug-likeness (QED) is 0.294. The number of rotatable bonds is 1. The molecule has 6 rings (SSSR count). The second kappa shape index (κ2) is 6.86. The summed E-state index contributed by atoms with van der Waals surface area (Å²) < 4.78 is 0. The minimum absolute atomic E-state index is 1.25. The van der Waals surface area contributed by atoms with Gasteiger partial charge in [0.1, 0.15) is 0 Å². The van der Waals surface area contributed by atoms with Crippen LogP contribution in [0.1, 0.15) is 0 Å². The summed E-state index contributed by atoms with van der Waals surface area (Å²) in [6.07, 6.45) is 0. The monoisotopic (exact) mass is 380 g/mol. The molecule has 0 saturated carbocycles. The van der Waals surface area contributed by atoms with E-state index in [-0.39, 0.29) is 0 Å². The fourth-order valence-corrected chi connectivity index (χ4v) is 4.77. The molecule has 0 N–H and O–H groups in total. The molecule has 0 nitrogen and oxygen atoms in total. The van der Waals surface area contributed by atoms with Crippen LogP contribution in [-0.4, -0.2) is 0 Å². The van der Waals surface area contributed by atoms with E-state index in [4.69, 9.17) is 0 Å². The molecule has 1 aliphatic rings. The summed E-state index contributed by atoms with van der Waals surface area (Å²) in [7, 11) is 0. The fourth-order valence-electron chi connectivity index (χ4n) is 4.77. The van der Waals surface area contributed by atoms with Crippen molar-refractivity contribution in [3.63, 3.8) is 0 Å². The molecule has 0 atom stereocenters. The highest BCUT2D eigenvalue weighted by Crippen LogP contribution is 2.23. The summed E-state index contributed by atoms with van der Waals surface area (Å²) in [6, 6.07) is 43.8. The molecule has 0 spiro atoms. The van der Waals surface area contributed by atoms with Crippen LogP contribution in [0.2, 0.25) is 0 Å². The highest BCUT2D eigenvalue weighted by molar-refractivity contribution is 5.64. The van der Waals surface area contributed by atoms with Gasteiger partial charge in [0.2, 0.25) is 0 Å². The third-order valence-electron chi connectivity index (χ3n) is 6.07. The van der Waals surface area contributed by atoms with E-state index < -0.39 is 0 Å². The lowest BCUT2D eigenvalue weighted by molar-refractivity contribution is 1.29. The first-order chi connectivity index (χ1) is 14.9. The van der Waals surface area contributed by atoms with E-state index in [9.17, 15) is 0 Å². The van der Waals surface area contributed by atoms with Gasteiger partial charge >= 0.3 is 0 Å². The molecule has 0 unspecified atom stereocenters. The van der Waals surface area contributed by atoms with E-state index in [1.165, 1.54) is 52.9 Å². The molecular weight excluding hydrogens is 360 g/mol. The van der Waals surface area contributed by atoms with E-state index in [1.807, 2.05) is 0 Å². The average Bonchev–Trinajstić information content (AvgIpc) is 2.83. The van der Waals surface area contributed by atoms with Crippen molar-refractivity contribution < 1.29 is 0 Å². The molecule has 30 heavy (non-hydrogen) atoms. The van der Waals surface area contributed by atoms with E-state index in [0.29, 0.717) is 0 Å². The third-order valence-corrected chi connectivity index (χ3v) is 6.07. The number of fused-ring (bicyclic) bond motifs is 4. The Bertz CT molecular complexity index is 1780. The lowest BCUT2D eigenvalue weighted by Crippen LogP contribution is -1.92. The van der Waals surface area contributed by atoms with Gasteiger partial charge in [0.25, 0.3) is 0 Å². The van der Waals surface area contributed by atoms with Gasteiger partial charge in [-0.25, -0.2) is 0 Å². The van der Waals surface area contributed by atoms with Gasteiger partial charge in [0, 0.05) is 0 Å². The van der Waals surface area contributed by atoms with E-state index >= 15 is 0 Å². The third kappa shape index (κ3) is 2.54. The molecule has 0 bridgehead atoms. The first-order valence-electron chi connectivity index (χ1n) is 10.4. The highest BCUT2D eigenvalue weighted by Gasteiger charge is 2.05. The molecular formula is C30H20. The molecule has 0 aliphatic heterocycles. The summed E-state index contributed by atoms with van der Waals surface area (Å²) in [5.74, 6) is 0. The van der Waals surface area contributed by atoms with Crippen LogP contribution < -0.4 is 0 Å². The van der Waals surface area contributed by atoms with Gasteiger partial charge in [0.15, 0.2) is 0 Å².